The molecule has 0 aliphatic carbocycles. The van der Waals surface area contributed by atoms with E-state index in [1.54, 1.807) is 36.4 Å². The monoisotopic (exact) mass is 536 g/mol. The van der Waals surface area contributed by atoms with Gasteiger partial charge in [0.25, 0.3) is 5.91 Å². The maximum Gasteiger partial charge on any atom is 0.263 e. The number of hydrogen-bond acceptors (Lipinski definition) is 5. The molecule has 0 fully saturated rings. The first kappa shape index (κ1) is 26.6. The summed E-state index contributed by atoms with van der Waals surface area (Å²) in [6.45, 7) is 5.34. The fraction of sp³-hybridized carbons (Fsp3) is 0.250. The van der Waals surface area contributed by atoms with E-state index in [0.717, 1.165) is 33.2 Å². The number of carbonyl (C=O) groups is 1. The van der Waals surface area contributed by atoms with Gasteiger partial charge in [0, 0.05) is 22.6 Å². The smallest absolute Gasteiger partial charge is 0.263 e. The van der Waals surface area contributed by atoms with Crippen LogP contribution < -0.4 is 14.5 Å². The zero-order valence-corrected chi connectivity index (χ0v) is 22.2. The van der Waals surface area contributed by atoms with Crippen molar-refractivity contribution in [2.75, 3.05) is 17.7 Å². The largest absolute Gasteiger partial charge is 0.497 e. The highest BCUT2D eigenvalue weighted by Gasteiger charge is 2.29. The Balaban J connectivity index is 1.79. The summed E-state index contributed by atoms with van der Waals surface area (Å²) in [5, 5.41) is 4.97. The Morgan fingerprint density at radius 3 is 2.34 bits per heavy atom. The number of ether oxygens (including phenoxy) is 1. The van der Waals surface area contributed by atoms with Gasteiger partial charge in [-0.25, -0.2) is 13.8 Å². The van der Waals surface area contributed by atoms with Crippen molar-refractivity contribution in [2.24, 2.45) is 5.10 Å². The summed E-state index contributed by atoms with van der Waals surface area (Å²) in [6, 6.07) is 12.6. The molecule has 1 amide bonds. The van der Waals surface area contributed by atoms with Crippen molar-refractivity contribution in [3.05, 3.63) is 75.5 Å². The Hall–Kier alpha value is -3.01. The number of hydrazone groups is 1. The Bertz CT molecular complexity index is 1370. The minimum absolute atomic E-state index is 0.338. The van der Waals surface area contributed by atoms with Gasteiger partial charge < -0.3 is 9.30 Å². The van der Waals surface area contributed by atoms with Gasteiger partial charge in [-0.05, 0) is 69.3 Å². The van der Waals surface area contributed by atoms with Crippen molar-refractivity contribution in [3.63, 3.8) is 0 Å². The summed E-state index contributed by atoms with van der Waals surface area (Å²) < 4.78 is 33.0. The number of nitrogens with zero attached hydrogens (tertiary/aromatic N) is 3. The molecule has 0 aliphatic heterocycles. The lowest BCUT2D eigenvalue weighted by atomic mass is 10.2. The molecule has 1 heterocycles. The Kier molecular flexibility index (Phi) is 8.15. The number of benzene rings is 2. The summed E-state index contributed by atoms with van der Waals surface area (Å²) >= 11 is 12.2. The molecule has 8 nitrogen and oxygen atoms in total. The summed E-state index contributed by atoms with van der Waals surface area (Å²) in [6.07, 6.45) is 2.56. The molecule has 35 heavy (non-hydrogen) atoms. The van der Waals surface area contributed by atoms with Gasteiger partial charge >= 0.3 is 0 Å². The van der Waals surface area contributed by atoms with Crippen molar-refractivity contribution in [3.8, 4) is 11.4 Å². The number of aromatic nitrogens is 1. The van der Waals surface area contributed by atoms with Crippen LogP contribution in [0, 0.1) is 13.8 Å². The standard InChI is InChI=1S/C24H26Cl2N4O4S/c1-15-12-18(16(2)29(15)20-8-11-22(25)23(26)13-20)14-27-28-24(31)17(3)30(35(5,32)33)19-6-9-21(34-4)10-7-19/h6-14,17H,1-5H3,(H,28,31)/b27-14-/t17-/m0/s1. The van der Waals surface area contributed by atoms with E-state index in [1.165, 1.54) is 20.2 Å². The van der Waals surface area contributed by atoms with Crippen LogP contribution in [0.25, 0.3) is 5.69 Å². The molecule has 3 aromatic rings. The summed E-state index contributed by atoms with van der Waals surface area (Å²) in [7, 11) is -2.24. The first-order chi connectivity index (χ1) is 16.4. The quantitative estimate of drug-likeness (QED) is 0.333. The third kappa shape index (κ3) is 5.98. The minimum Gasteiger partial charge on any atom is -0.497 e. The van der Waals surface area contributed by atoms with Crippen LogP contribution in [0.2, 0.25) is 10.0 Å². The maximum atomic E-state index is 12.8. The van der Waals surface area contributed by atoms with E-state index >= 15 is 0 Å². The number of carbonyl (C=O) groups excluding carboxylic acids is 1. The average Bonchev–Trinajstić information content (AvgIpc) is 3.08. The second kappa shape index (κ2) is 10.7. The molecule has 0 spiro atoms. The zero-order valence-electron chi connectivity index (χ0n) is 19.9. The fourth-order valence-electron chi connectivity index (χ4n) is 3.74. The molecule has 2 aromatic carbocycles. The highest BCUT2D eigenvalue weighted by atomic mass is 35.5. The second-order valence-electron chi connectivity index (χ2n) is 7.93. The van der Waals surface area contributed by atoms with E-state index in [9.17, 15) is 13.2 Å². The van der Waals surface area contributed by atoms with E-state index in [4.69, 9.17) is 27.9 Å². The number of anilines is 1. The van der Waals surface area contributed by atoms with Gasteiger partial charge in [0.2, 0.25) is 10.0 Å². The number of nitrogens with one attached hydrogen (secondary N) is 1. The summed E-state index contributed by atoms with van der Waals surface area (Å²) in [5.41, 5.74) is 6.21. The predicted molar refractivity (Wildman–Crippen MR) is 141 cm³/mol. The number of aryl methyl sites for hydroxylation is 1. The van der Waals surface area contributed by atoms with Crippen LogP contribution in [-0.2, 0) is 14.8 Å². The molecule has 0 saturated carbocycles. The average molecular weight is 537 g/mol. The SMILES string of the molecule is COc1ccc(N([C@@H](C)C(=O)N/N=C\c2cc(C)n(-c3ccc(Cl)c(Cl)c3)c2C)S(C)(=O)=O)cc1. The van der Waals surface area contributed by atoms with E-state index < -0.39 is 22.0 Å². The molecule has 0 aliphatic rings. The third-order valence-corrected chi connectivity index (χ3v) is 7.41. The minimum atomic E-state index is -3.75. The fourth-order valence-corrected chi connectivity index (χ4v) is 5.20. The number of methoxy groups -OCH3 is 1. The highest BCUT2D eigenvalue weighted by Crippen LogP contribution is 2.27. The first-order valence-electron chi connectivity index (χ1n) is 10.5. The topological polar surface area (TPSA) is 93.0 Å². The summed E-state index contributed by atoms with van der Waals surface area (Å²) in [4.78, 5) is 12.8. The zero-order chi connectivity index (χ0) is 25.9. The van der Waals surface area contributed by atoms with Crippen molar-refractivity contribution >= 4 is 51.0 Å². The second-order valence-corrected chi connectivity index (χ2v) is 10.6. The van der Waals surface area contributed by atoms with Crippen LogP contribution in [0.3, 0.4) is 0 Å². The number of hydrogen-bond donors (Lipinski definition) is 1. The van der Waals surface area contributed by atoms with Crippen molar-refractivity contribution in [2.45, 2.75) is 26.8 Å². The lowest BCUT2D eigenvalue weighted by molar-refractivity contribution is -0.121. The molecule has 1 atom stereocenters. The molecule has 1 N–H and O–H groups in total. The normalized spacial score (nSPS) is 12.5. The molecule has 11 heteroatoms. The van der Waals surface area contributed by atoms with Crippen LogP contribution in [-0.4, -0.2) is 44.5 Å². The van der Waals surface area contributed by atoms with Gasteiger partial charge in [-0.3, -0.25) is 9.10 Å². The van der Waals surface area contributed by atoms with Crippen LogP contribution in [0.1, 0.15) is 23.9 Å². The lowest BCUT2D eigenvalue weighted by Gasteiger charge is -2.27. The van der Waals surface area contributed by atoms with Gasteiger partial charge in [0.15, 0.2) is 0 Å². The van der Waals surface area contributed by atoms with Crippen LogP contribution in [0.15, 0.2) is 53.6 Å². The van der Waals surface area contributed by atoms with Crippen molar-refractivity contribution in [1.29, 1.82) is 0 Å². The van der Waals surface area contributed by atoms with Gasteiger partial charge in [-0.15, -0.1) is 0 Å². The predicted octanol–water partition coefficient (Wildman–Crippen LogP) is 4.71. The van der Waals surface area contributed by atoms with Crippen LogP contribution in [0.5, 0.6) is 5.75 Å². The number of rotatable bonds is 8. The highest BCUT2D eigenvalue weighted by molar-refractivity contribution is 7.92. The van der Waals surface area contributed by atoms with Gasteiger partial charge in [-0.2, -0.15) is 5.10 Å². The number of halogens is 2. The molecule has 1 aromatic heterocycles. The number of sulfonamides is 1. The van der Waals surface area contributed by atoms with E-state index in [1.807, 2.05) is 30.5 Å². The molecule has 0 radical (unpaired) electrons. The molecule has 186 valence electrons. The van der Waals surface area contributed by atoms with Gasteiger partial charge in [0.1, 0.15) is 11.8 Å². The van der Waals surface area contributed by atoms with Crippen molar-refractivity contribution < 1.29 is 17.9 Å². The first-order valence-corrected chi connectivity index (χ1v) is 13.1. The molecule has 3 rings (SSSR count). The molecule has 0 bridgehead atoms. The van der Waals surface area contributed by atoms with E-state index in [0.29, 0.717) is 21.5 Å². The van der Waals surface area contributed by atoms with Crippen LogP contribution in [0.4, 0.5) is 5.69 Å². The number of amides is 1. The van der Waals surface area contributed by atoms with Gasteiger partial charge in [0.05, 0.1) is 35.3 Å². The van der Waals surface area contributed by atoms with Crippen molar-refractivity contribution in [1.82, 2.24) is 9.99 Å². The van der Waals surface area contributed by atoms with Gasteiger partial charge in [-0.1, -0.05) is 23.2 Å². The maximum absolute atomic E-state index is 12.8. The van der Waals surface area contributed by atoms with E-state index in [2.05, 4.69) is 10.5 Å². The van der Waals surface area contributed by atoms with E-state index in [-0.39, 0.29) is 0 Å². The Morgan fingerprint density at radius 1 is 1.11 bits per heavy atom. The molecular formula is C24H26Cl2N4O4S. The van der Waals surface area contributed by atoms with Crippen LogP contribution >= 0.6 is 23.2 Å². The summed E-state index contributed by atoms with van der Waals surface area (Å²) in [5.74, 6) is -0.0110. The Labute approximate surface area is 215 Å². The Morgan fingerprint density at radius 2 is 1.77 bits per heavy atom. The third-order valence-electron chi connectivity index (χ3n) is 5.43. The molecule has 0 saturated heterocycles. The molecular weight excluding hydrogens is 511 g/mol. The molecule has 0 unspecified atom stereocenters. The lowest BCUT2D eigenvalue weighted by Crippen LogP contribution is -2.46.